The molecule has 2 aliphatic rings. The zero-order valence-corrected chi connectivity index (χ0v) is 8.58. The first-order valence-electron chi connectivity index (χ1n) is 5.38. The number of hydrogen-bond acceptors (Lipinski definition) is 3. The monoisotopic (exact) mass is 198 g/mol. The summed E-state index contributed by atoms with van der Waals surface area (Å²) in [6.45, 7) is 4.54. The molecule has 0 radical (unpaired) electrons. The van der Waals surface area contributed by atoms with Gasteiger partial charge in [-0.3, -0.25) is 4.79 Å². The molecule has 1 amide bonds. The SMILES string of the molecule is CC1CC(C(=O)N[C@H]2CCNC2)CO1. The van der Waals surface area contributed by atoms with Crippen LogP contribution in [0.25, 0.3) is 0 Å². The topological polar surface area (TPSA) is 50.4 Å². The molecule has 2 aliphatic heterocycles. The molecular formula is C10H18N2O2. The molecule has 2 unspecified atom stereocenters. The van der Waals surface area contributed by atoms with Crippen LogP contribution < -0.4 is 10.6 Å². The molecule has 0 bridgehead atoms. The zero-order valence-electron chi connectivity index (χ0n) is 8.58. The lowest BCUT2D eigenvalue weighted by molar-refractivity contribution is -0.125. The molecular weight excluding hydrogens is 180 g/mol. The van der Waals surface area contributed by atoms with E-state index in [1.807, 2.05) is 6.92 Å². The lowest BCUT2D eigenvalue weighted by Gasteiger charge is -2.14. The maximum Gasteiger partial charge on any atom is 0.225 e. The van der Waals surface area contributed by atoms with Crippen molar-refractivity contribution < 1.29 is 9.53 Å². The van der Waals surface area contributed by atoms with Gasteiger partial charge in [-0.15, -0.1) is 0 Å². The van der Waals surface area contributed by atoms with Crippen LogP contribution in [0, 0.1) is 5.92 Å². The number of nitrogens with one attached hydrogen (secondary N) is 2. The van der Waals surface area contributed by atoms with Crippen molar-refractivity contribution >= 4 is 5.91 Å². The number of ether oxygens (including phenoxy) is 1. The molecule has 2 saturated heterocycles. The van der Waals surface area contributed by atoms with Crippen LogP contribution in [0.5, 0.6) is 0 Å². The number of carbonyl (C=O) groups excluding carboxylic acids is 1. The van der Waals surface area contributed by atoms with Crippen molar-refractivity contribution in [1.82, 2.24) is 10.6 Å². The molecule has 0 aliphatic carbocycles. The first-order valence-corrected chi connectivity index (χ1v) is 5.38. The lowest BCUT2D eigenvalue weighted by atomic mass is 10.0. The van der Waals surface area contributed by atoms with E-state index in [2.05, 4.69) is 10.6 Å². The Morgan fingerprint density at radius 1 is 1.57 bits per heavy atom. The summed E-state index contributed by atoms with van der Waals surface area (Å²) in [6, 6.07) is 0.332. The Bertz CT molecular complexity index is 214. The van der Waals surface area contributed by atoms with E-state index >= 15 is 0 Å². The number of hydrogen-bond donors (Lipinski definition) is 2. The van der Waals surface area contributed by atoms with Crippen LogP contribution in [0.15, 0.2) is 0 Å². The first kappa shape index (κ1) is 9.93. The molecule has 0 saturated carbocycles. The Hall–Kier alpha value is -0.610. The molecule has 4 heteroatoms. The molecule has 3 atom stereocenters. The summed E-state index contributed by atoms with van der Waals surface area (Å²) in [6.07, 6.45) is 2.16. The highest BCUT2D eigenvalue weighted by atomic mass is 16.5. The van der Waals surface area contributed by atoms with Gasteiger partial charge in [-0.05, 0) is 26.3 Å². The second-order valence-corrected chi connectivity index (χ2v) is 4.27. The molecule has 80 valence electrons. The van der Waals surface area contributed by atoms with Gasteiger partial charge >= 0.3 is 0 Å². The van der Waals surface area contributed by atoms with Gasteiger partial charge < -0.3 is 15.4 Å². The van der Waals surface area contributed by atoms with Crippen molar-refractivity contribution in [1.29, 1.82) is 0 Å². The molecule has 2 heterocycles. The molecule has 2 rings (SSSR count). The standard InChI is InChI=1S/C10H18N2O2/c1-7-4-8(6-14-7)10(13)12-9-2-3-11-5-9/h7-9,11H,2-6H2,1H3,(H,12,13)/t7?,8?,9-/m0/s1. The fourth-order valence-electron chi connectivity index (χ4n) is 2.10. The van der Waals surface area contributed by atoms with Crippen molar-refractivity contribution in [2.45, 2.75) is 31.9 Å². The minimum Gasteiger partial charge on any atom is -0.378 e. The maximum absolute atomic E-state index is 11.7. The summed E-state index contributed by atoms with van der Waals surface area (Å²) in [4.78, 5) is 11.7. The van der Waals surface area contributed by atoms with Crippen molar-refractivity contribution in [3.63, 3.8) is 0 Å². The highest BCUT2D eigenvalue weighted by molar-refractivity contribution is 5.79. The van der Waals surface area contributed by atoms with E-state index in [9.17, 15) is 4.79 Å². The Morgan fingerprint density at radius 3 is 3.00 bits per heavy atom. The van der Waals surface area contributed by atoms with Crippen LogP contribution >= 0.6 is 0 Å². The molecule has 2 fully saturated rings. The normalized spacial score (nSPS) is 37.4. The maximum atomic E-state index is 11.7. The molecule has 0 aromatic rings. The Morgan fingerprint density at radius 2 is 2.43 bits per heavy atom. The number of amides is 1. The summed E-state index contributed by atoms with van der Waals surface area (Å²) in [5.74, 6) is 0.244. The van der Waals surface area contributed by atoms with Gasteiger partial charge in [0, 0.05) is 12.6 Å². The Kier molecular flexibility index (Phi) is 3.03. The van der Waals surface area contributed by atoms with Crippen molar-refractivity contribution in [2.24, 2.45) is 5.92 Å². The molecule has 0 aromatic heterocycles. The van der Waals surface area contributed by atoms with Gasteiger partial charge in [0.05, 0.1) is 18.6 Å². The highest BCUT2D eigenvalue weighted by Gasteiger charge is 2.29. The summed E-state index contributed by atoms with van der Waals surface area (Å²) >= 11 is 0. The quantitative estimate of drug-likeness (QED) is 0.651. The van der Waals surface area contributed by atoms with Gasteiger partial charge in [0.25, 0.3) is 0 Å². The van der Waals surface area contributed by atoms with Crippen LogP contribution in [0.1, 0.15) is 19.8 Å². The minimum absolute atomic E-state index is 0.0746. The molecule has 4 nitrogen and oxygen atoms in total. The number of carbonyl (C=O) groups is 1. The Labute approximate surface area is 84.4 Å². The van der Waals surface area contributed by atoms with Gasteiger partial charge in [0.15, 0.2) is 0 Å². The molecule has 0 aromatic carbocycles. The van der Waals surface area contributed by atoms with Crippen LogP contribution in [0.4, 0.5) is 0 Å². The van der Waals surface area contributed by atoms with Crippen LogP contribution in [-0.4, -0.2) is 37.7 Å². The second kappa shape index (κ2) is 4.28. The van der Waals surface area contributed by atoms with Crippen LogP contribution in [0.3, 0.4) is 0 Å². The van der Waals surface area contributed by atoms with E-state index in [4.69, 9.17) is 4.74 Å². The predicted octanol–water partition coefficient (Wildman–Crippen LogP) is -0.110. The summed E-state index contributed by atoms with van der Waals surface area (Å²) < 4.78 is 5.37. The van der Waals surface area contributed by atoms with Gasteiger partial charge in [0.1, 0.15) is 0 Å². The van der Waals surface area contributed by atoms with E-state index in [-0.39, 0.29) is 17.9 Å². The van der Waals surface area contributed by atoms with Crippen molar-refractivity contribution in [3.8, 4) is 0 Å². The summed E-state index contributed by atoms with van der Waals surface area (Å²) in [5.41, 5.74) is 0. The minimum atomic E-state index is 0.0746. The summed E-state index contributed by atoms with van der Waals surface area (Å²) in [7, 11) is 0. The largest absolute Gasteiger partial charge is 0.378 e. The van der Waals surface area contributed by atoms with Gasteiger partial charge in [0.2, 0.25) is 5.91 Å². The van der Waals surface area contributed by atoms with Gasteiger partial charge in [-0.2, -0.15) is 0 Å². The average Bonchev–Trinajstić information content (AvgIpc) is 2.75. The molecule has 0 spiro atoms. The van der Waals surface area contributed by atoms with Crippen molar-refractivity contribution in [3.05, 3.63) is 0 Å². The third kappa shape index (κ3) is 2.25. The van der Waals surface area contributed by atoms with Crippen LogP contribution in [0.2, 0.25) is 0 Å². The van der Waals surface area contributed by atoms with E-state index in [0.29, 0.717) is 12.6 Å². The lowest BCUT2D eigenvalue weighted by Crippen LogP contribution is -2.40. The van der Waals surface area contributed by atoms with Gasteiger partial charge in [-0.1, -0.05) is 0 Å². The molecule has 2 N–H and O–H groups in total. The smallest absolute Gasteiger partial charge is 0.225 e. The molecule has 14 heavy (non-hydrogen) atoms. The Balaban J connectivity index is 1.77. The van der Waals surface area contributed by atoms with E-state index < -0.39 is 0 Å². The zero-order chi connectivity index (χ0) is 9.97. The van der Waals surface area contributed by atoms with Gasteiger partial charge in [-0.25, -0.2) is 0 Å². The highest BCUT2D eigenvalue weighted by Crippen LogP contribution is 2.19. The third-order valence-corrected chi connectivity index (χ3v) is 2.98. The first-order chi connectivity index (χ1) is 6.75. The fraction of sp³-hybridized carbons (Fsp3) is 0.900. The third-order valence-electron chi connectivity index (χ3n) is 2.98. The summed E-state index contributed by atoms with van der Waals surface area (Å²) in [5, 5.41) is 6.29. The van der Waals surface area contributed by atoms with E-state index in [0.717, 1.165) is 25.9 Å². The van der Waals surface area contributed by atoms with Crippen molar-refractivity contribution in [2.75, 3.05) is 19.7 Å². The number of rotatable bonds is 2. The second-order valence-electron chi connectivity index (χ2n) is 4.27. The van der Waals surface area contributed by atoms with E-state index in [1.54, 1.807) is 0 Å². The van der Waals surface area contributed by atoms with Crippen LogP contribution in [-0.2, 0) is 9.53 Å². The average molecular weight is 198 g/mol. The predicted molar refractivity (Wildman–Crippen MR) is 52.9 cm³/mol. The van der Waals surface area contributed by atoms with E-state index in [1.165, 1.54) is 0 Å². The fourth-order valence-corrected chi connectivity index (χ4v) is 2.10.